The van der Waals surface area contributed by atoms with Crippen LogP contribution >= 0.6 is 0 Å². The number of hydrogen-bond acceptors (Lipinski definition) is 30. The average Bonchev–Trinajstić information content (AvgIpc) is 1.60. The standard InChI is InChI=1S/C56H94N14O17.C42H58N12O8/c1-3-4-18-40(52(81)58-2)62-55(84)43(33-70(34-50(77)78)35-51(79)80)65-54(83)42(31-38-21-23-39(72)24-22-38)64-53(82)41(25-26-45(57)73)63-56(85)44(36-71)61-48(75)32-60-49(76)37-87-30-29-86-28-27-59-47(74)20-17-15-13-11-9-7-5-6-8-10-12-14-16-19-46-66-68-69-67-46;43-28-15-16-35(56)47-17-7-6-13-30(36(44)57)50-39(60)33(20-25-22-49-29-12-5-4-11-27(25)29)52-37(58)31(14-8-18-48-42(45)46)51-38(59)32(19-24-9-2-1-3-10-24)53-40(61)34-21-26(55)23-54(34)41(28)62/h21-24,40-44,68-69,71-72H,3-20,25-37H2,1-2H3,(H2,57,73)(H,58,81)(H,59,74)(H,60,76)(H,61,75)(H,62,84)(H,63,85)(H,64,82)(H,65,83)(H,66,67)(H,77,78)(H,79,80);1-5,9-12,22,26,28,30-34,49,55H,6-8,13-21,23,43H2,(H2,44,57)(H,47,56)(H,50,60)(H,51,59)(H,52,58)(H,53,61)(H4,45,46,48)/t;26-,28?,30?,31?,32-,33?,34?/m.1/s1. The molecule has 0 saturated carbocycles. The predicted molar refractivity (Wildman–Crippen MR) is 545 cm³/mol. The number of aliphatic imine (C=N–C) groups is 1. The molecular weight excluding hydrogens is 1940 g/mol. The number of nitrogens with zero attached hydrogens (tertiary/aromatic N) is 4. The number of aromatic nitrogens is 1. The molecule has 3 aromatic carbocycles. The summed E-state index contributed by atoms with van der Waals surface area (Å²) in [7, 11) is 1.33. The molecule has 2 fully saturated rings. The number of amides is 16. The van der Waals surface area contributed by atoms with Gasteiger partial charge in [0.2, 0.25) is 94.5 Å². The van der Waals surface area contributed by atoms with Crippen LogP contribution in [0.2, 0.25) is 0 Å². The summed E-state index contributed by atoms with van der Waals surface area (Å²) in [5, 5.41) is 87.8. The first-order chi connectivity index (χ1) is 71.4. The number of aliphatic hydroxyl groups excluding tert-OH is 2. The molecule has 149 heavy (non-hydrogen) atoms. The summed E-state index contributed by atoms with van der Waals surface area (Å²) in [6.45, 7) is -2.05. The molecule has 16 amide bonds. The smallest absolute Gasteiger partial charge is 0.317 e. The van der Waals surface area contributed by atoms with E-state index >= 15 is 0 Å². The molecule has 0 spiro atoms. The molecular formula is C98H152N26O25. The van der Waals surface area contributed by atoms with Crippen molar-refractivity contribution in [2.24, 2.45) is 38.8 Å². The number of aromatic hydroxyl groups is 1. The molecule has 3 aliphatic rings. The van der Waals surface area contributed by atoms with Gasteiger partial charge in [-0.25, -0.2) is 5.53 Å². The molecule has 12 atom stereocenters. The fourth-order valence-electron chi connectivity index (χ4n) is 16.5. The van der Waals surface area contributed by atoms with Crippen LogP contribution < -0.4 is 114 Å². The van der Waals surface area contributed by atoms with Gasteiger partial charge in [-0.15, -0.1) is 10.6 Å². The van der Waals surface area contributed by atoms with Crippen LogP contribution in [0, 0.1) is 0 Å². The number of aromatic amines is 1. The van der Waals surface area contributed by atoms with E-state index in [9.17, 15) is 112 Å². The number of nitrogens with one attached hydrogen (secondary N) is 17. The first-order valence-electron chi connectivity index (χ1n) is 50.7. The number of unbranched alkanes of at least 4 members (excludes halogenated alkanes) is 13. The van der Waals surface area contributed by atoms with Crippen LogP contribution in [0.15, 0.2) is 95.2 Å². The number of hydrogen-bond donors (Lipinski definition) is 27. The van der Waals surface area contributed by atoms with Gasteiger partial charge >= 0.3 is 11.9 Å². The van der Waals surface area contributed by atoms with Crippen molar-refractivity contribution in [3.63, 3.8) is 0 Å². The number of H-pyrrole nitrogens is 1. The van der Waals surface area contributed by atoms with E-state index in [2.05, 4.69) is 101 Å². The highest BCUT2D eigenvalue weighted by atomic mass is 16.5. The van der Waals surface area contributed by atoms with Crippen molar-refractivity contribution in [2.75, 3.05) is 92.4 Å². The number of carbonyl (C=O) groups excluding carboxylic acids is 16. The van der Waals surface area contributed by atoms with Crippen LogP contribution in [0.3, 0.4) is 0 Å². The molecule has 10 unspecified atom stereocenters. The Labute approximate surface area is 864 Å². The number of aliphatic hydroxyl groups is 2. The van der Waals surface area contributed by atoms with Gasteiger partial charge in [-0.3, -0.25) is 102 Å². The number of fused-ring (bicyclic) bond motifs is 2. The number of ether oxygens (including phenoxy) is 2. The van der Waals surface area contributed by atoms with E-state index in [0.29, 0.717) is 55.3 Å². The van der Waals surface area contributed by atoms with Gasteiger partial charge in [0.15, 0.2) is 5.96 Å². The number of phenols is 1. The number of nitrogens with two attached hydrogens (primary N) is 5. The second-order valence-electron chi connectivity index (χ2n) is 36.7. The molecule has 0 bridgehead atoms. The maximum atomic E-state index is 14.4. The monoisotopic (exact) mass is 2090 g/mol. The lowest BCUT2D eigenvalue weighted by Crippen LogP contribution is -2.61. The number of benzene rings is 3. The van der Waals surface area contributed by atoms with Gasteiger partial charge in [0.05, 0.1) is 58.2 Å². The molecule has 32 N–H and O–H groups in total. The molecule has 4 heterocycles. The molecule has 3 aliphatic heterocycles. The second-order valence-corrected chi connectivity index (χ2v) is 36.7. The first kappa shape index (κ1) is 123. The van der Waals surface area contributed by atoms with Gasteiger partial charge in [0, 0.05) is 108 Å². The van der Waals surface area contributed by atoms with E-state index in [-0.39, 0.29) is 127 Å². The first-order valence-corrected chi connectivity index (χ1v) is 50.7. The van der Waals surface area contributed by atoms with E-state index in [1.807, 2.05) is 31.2 Å². The number of carbonyl (C=O) groups is 18. The summed E-state index contributed by atoms with van der Waals surface area (Å²) in [6, 6.07) is 6.20. The number of amidine groups is 1. The number of carboxylic acid groups (broad SMARTS) is 2. The van der Waals surface area contributed by atoms with E-state index in [0.717, 1.165) is 58.6 Å². The van der Waals surface area contributed by atoms with Gasteiger partial charge in [-0.05, 0) is 99.1 Å². The summed E-state index contributed by atoms with van der Waals surface area (Å²) in [5.74, 6) is -14.7. The number of guanidine groups is 1. The number of phenolic OH excluding ortho intramolecular Hbond substituents is 1. The fourth-order valence-corrected chi connectivity index (χ4v) is 16.5. The van der Waals surface area contributed by atoms with Gasteiger partial charge in [0.25, 0.3) is 0 Å². The van der Waals surface area contributed by atoms with Crippen molar-refractivity contribution in [2.45, 2.75) is 279 Å². The van der Waals surface area contributed by atoms with Gasteiger partial charge in [-0.2, -0.15) is 0 Å². The minimum atomic E-state index is -1.76. The third-order valence-corrected chi connectivity index (χ3v) is 24.6. The van der Waals surface area contributed by atoms with Crippen molar-refractivity contribution in [3.05, 3.63) is 102 Å². The Kier molecular flexibility index (Phi) is 57.2. The third-order valence-electron chi connectivity index (χ3n) is 24.6. The van der Waals surface area contributed by atoms with Crippen LogP contribution in [0.5, 0.6) is 5.75 Å². The lowest BCUT2D eigenvalue weighted by atomic mass is 10.0. The zero-order chi connectivity index (χ0) is 109. The zero-order valence-electron chi connectivity index (χ0n) is 84.7. The van der Waals surface area contributed by atoms with Crippen molar-refractivity contribution in [3.8, 4) is 5.75 Å². The Bertz CT molecular complexity index is 5020. The largest absolute Gasteiger partial charge is 0.508 e. The van der Waals surface area contributed by atoms with Crippen LogP contribution in [0.4, 0.5) is 0 Å². The molecule has 51 heteroatoms. The SMILES string of the molecule is CCCCC(NC(=O)C(CN(CC(=O)O)CC(=O)O)NC(=O)C(Cc1ccc(O)cc1)NC(=O)C(CCC(N)=O)NC(=O)C(CO)NC(=O)CNC(=O)COCCOCCNC(=O)CCCCCCCCCCCCCCCC1=NNNN1)C(=O)NC.NC(=O)C1CCCCNC(=O)CCC(N)C(=O)N2C[C@H](O)CC2C(=O)N[C@H](Cc2ccccc2)C(=O)NC(CCCN=C(N)N)C(=O)NC(Cc2c[nH]c3ccccc23)C(=O)N1. The highest BCUT2D eigenvalue weighted by Gasteiger charge is 2.43. The summed E-state index contributed by atoms with van der Waals surface area (Å²) in [5.41, 5.74) is 39.2. The van der Waals surface area contributed by atoms with Crippen molar-refractivity contribution >= 4 is 129 Å². The molecule has 1 aromatic heterocycles. The number of para-hydroxylation sites is 1. The third kappa shape index (κ3) is 48.9. The molecule has 0 aliphatic carbocycles. The lowest BCUT2D eigenvalue weighted by molar-refractivity contribution is -0.143. The molecule has 4 aromatic rings. The predicted octanol–water partition coefficient (Wildman–Crippen LogP) is -4.13. The summed E-state index contributed by atoms with van der Waals surface area (Å²) in [4.78, 5) is 246. The molecule has 2 saturated heterocycles. The van der Waals surface area contributed by atoms with E-state index in [4.69, 9.17) is 38.1 Å². The fraction of sp³-hybridized carbons (Fsp3) is 0.592. The number of carboxylic acids is 2. The summed E-state index contributed by atoms with van der Waals surface area (Å²) in [6.07, 6.45) is 18.0. The lowest BCUT2D eigenvalue weighted by Gasteiger charge is -2.29. The van der Waals surface area contributed by atoms with Crippen molar-refractivity contribution < 1.29 is 121 Å². The normalized spacial score (nSPS) is 18.4. The number of rotatable bonds is 60. The minimum absolute atomic E-state index is 0.00276. The second kappa shape index (κ2) is 69.0. The number of primary amides is 2. The van der Waals surface area contributed by atoms with Crippen molar-refractivity contribution in [1.29, 1.82) is 0 Å². The molecule has 51 nitrogen and oxygen atoms in total. The van der Waals surface area contributed by atoms with Gasteiger partial charge < -0.3 is 143 Å². The number of hydrazine groups is 2. The minimum Gasteiger partial charge on any atom is -0.508 e. The summed E-state index contributed by atoms with van der Waals surface area (Å²) < 4.78 is 10.7. The van der Waals surface area contributed by atoms with Crippen LogP contribution in [0.1, 0.15) is 203 Å². The van der Waals surface area contributed by atoms with Gasteiger partial charge in [-0.1, -0.05) is 151 Å². The van der Waals surface area contributed by atoms with Crippen LogP contribution in [-0.4, -0.2) is 324 Å². The Morgan fingerprint density at radius 1 is 0.591 bits per heavy atom. The average molecular weight is 2090 g/mol. The Morgan fingerprint density at radius 2 is 1.18 bits per heavy atom. The Hall–Kier alpha value is -14.3. The maximum absolute atomic E-state index is 14.4. The highest BCUT2D eigenvalue weighted by Crippen LogP contribution is 2.24. The van der Waals surface area contributed by atoms with E-state index < -0.39 is 219 Å². The Balaban J connectivity index is 0.000000479. The Morgan fingerprint density at radius 3 is 1.82 bits per heavy atom. The number of aliphatic carboxylic acids is 2. The zero-order valence-corrected chi connectivity index (χ0v) is 84.7. The maximum Gasteiger partial charge on any atom is 0.317 e. The highest BCUT2D eigenvalue weighted by molar-refractivity contribution is 6.00. The van der Waals surface area contributed by atoms with E-state index in [1.54, 1.807) is 36.5 Å². The molecule has 824 valence electrons. The van der Waals surface area contributed by atoms with Crippen molar-refractivity contribution in [1.82, 2.24) is 100 Å². The number of hydrazone groups is 1. The van der Waals surface area contributed by atoms with Crippen LogP contribution in [0.25, 0.3) is 10.9 Å². The molecule has 0 radical (unpaired) electrons. The number of likely N-dealkylation sites (N-methyl/N-ethyl adjacent to an activating group) is 1. The topological polar surface area (TPSA) is 796 Å². The summed E-state index contributed by atoms with van der Waals surface area (Å²) >= 11 is 0. The molecule has 7 rings (SSSR count). The quantitative estimate of drug-likeness (QED) is 0.0113. The van der Waals surface area contributed by atoms with Gasteiger partial charge in [0.1, 0.15) is 78.6 Å². The van der Waals surface area contributed by atoms with E-state index in [1.165, 1.54) is 89.1 Å². The van der Waals surface area contributed by atoms with Crippen LogP contribution in [-0.2, 0) is 115 Å².